The molecule has 0 radical (unpaired) electrons. The van der Waals surface area contributed by atoms with Gasteiger partial charge in [0.2, 0.25) is 0 Å². The van der Waals surface area contributed by atoms with Gasteiger partial charge in [-0.1, -0.05) is 30.3 Å². The fourth-order valence-electron chi connectivity index (χ4n) is 1.83. The number of hydrogen-bond acceptors (Lipinski definition) is 6. The largest absolute Gasteiger partial charge is 0.469 e. The van der Waals surface area contributed by atoms with E-state index in [0.29, 0.717) is 23.2 Å². The lowest BCUT2D eigenvalue weighted by atomic mass is 10.1. The average Bonchev–Trinajstić information content (AvgIpc) is 2.95. The van der Waals surface area contributed by atoms with Crippen molar-refractivity contribution in [3.63, 3.8) is 0 Å². The quantitative estimate of drug-likeness (QED) is 0.764. The fraction of sp³-hybridized carbons (Fsp3) is 0.400. The number of esters is 1. The SMILES string of the molecule is COC(=O)[C@@H](C)CSCc1noc(-c2ccccc2C)n1. The van der Waals surface area contributed by atoms with E-state index in [2.05, 4.69) is 14.9 Å². The zero-order valence-electron chi connectivity index (χ0n) is 12.3. The van der Waals surface area contributed by atoms with Crippen LogP contribution in [-0.4, -0.2) is 29.0 Å². The summed E-state index contributed by atoms with van der Waals surface area (Å²) in [6.07, 6.45) is 0. The van der Waals surface area contributed by atoms with Gasteiger partial charge in [0, 0.05) is 11.3 Å². The molecule has 2 rings (SSSR count). The van der Waals surface area contributed by atoms with Crippen LogP contribution >= 0.6 is 11.8 Å². The standard InChI is InChI=1S/C15H18N2O3S/c1-10-6-4-5-7-12(10)14-16-13(17-20-14)9-21-8-11(2)15(18)19-3/h4-7,11H,8-9H2,1-3H3/t11-/m0/s1. The zero-order chi connectivity index (χ0) is 15.2. The monoisotopic (exact) mass is 306 g/mol. The number of rotatable bonds is 6. The van der Waals surface area contributed by atoms with E-state index in [0.717, 1.165) is 11.1 Å². The highest BCUT2D eigenvalue weighted by atomic mass is 32.2. The molecule has 1 aromatic heterocycles. The molecule has 1 aromatic carbocycles. The molecule has 0 N–H and O–H groups in total. The number of benzene rings is 1. The molecule has 0 bridgehead atoms. The lowest BCUT2D eigenvalue weighted by molar-refractivity contribution is -0.143. The third kappa shape index (κ3) is 4.07. The van der Waals surface area contributed by atoms with Gasteiger partial charge in [0.15, 0.2) is 5.82 Å². The number of thioether (sulfide) groups is 1. The number of ether oxygens (including phenoxy) is 1. The van der Waals surface area contributed by atoms with Crippen LogP contribution in [-0.2, 0) is 15.3 Å². The summed E-state index contributed by atoms with van der Waals surface area (Å²) in [6, 6.07) is 7.88. The van der Waals surface area contributed by atoms with Gasteiger partial charge < -0.3 is 9.26 Å². The smallest absolute Gasteiger partial charge is 0.309 e. The van der Waals surface area contributed by atoms with Crippen LogP contribution in [0, 0.1) is 12.8 Å². The first-order valence-electron chi connectivity index (χ1n) is 6.66. The van der Waals surface area contributed by atoms with Crippen LogP contribution in [0.15, 0.2) is 28.8 Å². The number of aromatic nitrogens is 2. The second kappa shape index (κ2) is 7.26. The first-order valence-corrected chi connectivity index (χ1v) is 7.81. The second-order valence-corrected chi connectivity index (χ2v) is 5.80. The van der Waals surface area contributed by atoms with E-state index >= 15 is 0 Å². The van der Waals surface area contributed by atoms with E-state index in [1.54, 1.807) is 11.8 Å². The topological polar surface area (TPSA) is 65.2 Å². The Balaban J connectivity index is 1.92. The Morgan fingerprint density at radius 1 is 1.43 bits per heavy atom. The number of nitrogens with zero attached hydrogens (tertiary/aromatic N) is 2. The van der Waals surface area contributed by atoms with Crippen LogP contribution in [0.2, 0.25) is 0 Å². The van der Waals surface area contributed by atoms with Crippen molar-refractivity contribution in [2.75, 3.05) is 12.9 Å². The van der Waals surface area contributed by atoms with Gasteiger partial charge in [-0.3, -0.25) is 4.79 Å². The van der Waals surface area contributed by atoms with Gasteiger partial charge in [-0.15, -0.1) is 0 Å². The predicted octanol–water partition coefficient (Wildman–Crippen LogP) is 3.09. The molecule has 6 heteroatoms. The Kier molecular flexibility index (Phi) is 5.38. The minimum atomic E-state index is -0.198. The van der Waals surface area contributed by atoms with Crippen molar-refractivity contribution in [1.29, 1.82) is 0 Å². The molecular weight excluding hydrogens is 288 g/mol. The maximum absolute atomic E-state index is 11.3. The molecule has 1 heterocycles. The first-order chi connectivity index (χ1) is 10.1. The third-order valence-electron chi connectivity index (χ3n) is 3.05. The normalized spacial score (nSPS) is 12.1. The van der Waals surface area contributed by atoms with Gasteiger partial charge in [-0.2, -0.15) is 16.7 Å². The van der Waals surface area contributed by atoms with Crippen molar-refractivity contribution in [2.24, 2.45) is 5.92 Å². The van der Waals surface area contributed by atoms with Crippen molar-refractivity contribution in [2.45, 2.75) is 19.6 Å². The van der Waals surface area contributed by atoms with Gasteiger partial charge in [0.1, 0.15) is 0 Å². The molecule has 0 amide bonds. The molecule has 0 fully saturated rings. The van der Waals surface area contributed by atoms with E-state index in [4.69, 9.17) is 4.52 Å². The highest BCUT2D eigenvalue weighted by Crippen LogP contribution is 2.22. The number of aryl methyl sites for hydroxylation is 1. The minimum absolute atomic E-state index is 0.136. The molecular formula is C15H18N2O3S. The van der Waals surface area contributed by atoms with E-state index in [-0.39, 0.29) is 11.9 Å². The van der Waals surface area contributed by atoms with Gasteiger partial charge in [0.25, 0.3) is 5.89 Å². The molecule has 0 spiro atoms. The van der Waals surface area contributed by atoms with Crippen molar-refractivity contribution in [1.82, 2.24) is 10.1 Å². The molecule has 0 unspecified atom stereocenters. The Bertz CT molecular complexity index is 612. The highest BCUT2D eigenvalue weighted by molar-refractivity contribution is 7.98. The lowest BCUT2D eigenvalue weighted by Crippen LogP contribution is -2.14. The van der Waals surface area contributed by atoms with Crippen molar-refractivity contribution < 1.29 is 14.1 Å². The number of carbonyl (C=O) groups excluding carboxylic acids is 1. The van der Waals surface area contributed by atoms with Crippen molar-refractivity contribution in [3.05, 3.63) is 35.7 Å². The maximum Gasteiger partial charge on any atom is 0.309 e. The average molecular weight is 306 g/mol. The fourth-order valence-corrected chi connectivity index (χ4v) is 2.74. The Morgan fingerprint density at radius 2 is 2.19 bits per heavy atom. The van der Waals surface area contributed by atoms with E-state index in [1.807, 2.05) is 38.1 Å². The zero-order valence-corrected chi connectivity index (χ0v) is 13.1. The second-order valence-electron chi connectivity index (χ2n) is 4.77. The summed E-state index contributed by atoms with van der Waals surface area (Å²) >= 11 is 1.59. The summed E-state index contributed by atoms with van der Waals surface area (Å²) in [5.41, 5.74) is 2.05. The predicted molar refractivity (Wildman–Crippen MR) is 81.8 cm³/mol. The number of carbonyl (C=O) groups is 1. The molecule has 2 aromatic rings. The molecule has 0 saturated carbocycles. The Labute approximate surface area is 128 Å². The molecule has 112 valence electrons. The minimum Gasteiger partial charge on any atom is -0.469 e. The summed E-state index contributed by atoms with van der Waals surface area (Å²) in [7, 11) is 1.40. The highest BCUT2D eigenvalue weighted by Gasteiger charge is 2.14. The van der Waals surface area contributed by atoms with E-state index in [1.165, 1.54) is 7.11 Å². The summed E-state index contributed by atoms with van der Waals surface area (Å²) in [4.78, 5) is 15.7. The van der Waals surface area contributed by atoms with Crippen LogP contribution < -0.4 is 0 Å². The molecule has 0 saturated heterocycles. The molecule has 5 nitrogen and oxygen atoms in total. The third-order valence-corrected chi connectivity index (χ3v) is 4.24. The maximum atomic E-state index is 11.3. The van der Waals surface area contributed by atoms with Crippen molar-refractivity contribution in [3.8, 4) is 11.5 Å². The number of methoxy groups -OCH3 is 1. The van der Waals surface area contributed by atoms with E-state index in [9.17, 15) is 4.79 Å². The summed E-state index contributed by atoms with van der Waals surface area (Å²) in [5, 5.41) is 3.97. The summed E-state index contributed by atoms with van der Waals surface area (Å²) < 4.78 is 9.98. The Morgan fingerprint density at radius 3 is 2.90 bits per heavy atom. The first kappa shape index (κ1) is 15.6. The van der Waals surface area contributed by atoms with Crippen LogP contribution in [0.25, 0.3) is 11.5 Å². The van der Waals surface area contributed by atoms with Crippen LogP contribution in [0.4, 0.5) is 0 Å². The van der Waals surface area contributed by atoms with Gasteiger partial charge in [0.05, 0.1) is 18.8 Å². The van der Waals surface area contributed by atoms with Gasteiger partial charge in [-0.25, -0.2) is 0 Å². The molecule has 21 heavy (non-hydrogen) atoms. The van der Waals surface area contributed by atoms with Gasteiger partial charge >= 0.3 is 5.97 Å². The van der Waals surface area contributed by atoms with Crippen LogP contribution in [0.5, 0.6) is 0 Å². The molecule has 0 aliphatic carbocycles. The Hall–Kier alpha value is -1.82. The van der Waals surface area contributed by atoms with Gasteiger partial charge in [-0.05, 0) is 18.6 Å². The summed E-state index contributed by atoms with van der Waals surface area (Å²) in [6.45, 7) is 3.85. The van der Waals surface area contributed by atoms with E-state index < -0.39 is 0 Å². The summed E-state index contributed by atoms with van der Waals surface area (Å²) in [5.74, 6) is 2.11. The van der Waals surface area contributed by atoms with Crippen LogP contribution in [0.1, 0.15) is 18.3 Å². The molecule has 0 aliphatic heterocycles. The lowest BCUT2D eigenvalue weighted by Gasteiger charge is -2.06. The molecule has 0 aliphatic rings. The molecule has 1 atom stereocenters. The van der Waals surface area contributed by atoms with Crippen molar-refractivity contribution >= 4 is 17.7 Å². The van der Waals surface area contributed by atoms with Crippen LogP contribution in [0.3, 0.4) is 0 Å². The number of hydrogen-bond donors (Lipinski definition) is 0.